The van der Waals surface area contributed by atoms with Crippen molar-refractivity contribution in [3.05, 3.63) is 53.6 Å². The molecule has 0 aromatic heterocycles. The van der Waals surface area contributed by atoms with E-state index < -0.39 is 5.97 Å². The minimum Gasteiger partial charge on any atom is -0.478 e. The van der Waals surface area contributed by atoms with Crippen LogP contribution in [0.25, 0.3) is 0 Å². The molecule has 23 heavy (non-hydrogen) atoms. The van der Waals surface area contributed by atoms with Crippen molar-refractivity contribution >= 4 is 34.6 Å². The molecule has 0 bridgehead atoms. The highest BCUT2D eigenvalue weighted by molar-refractivity contribution is 6.18. The number of benzene rings is 2. The molecule has 0 aliphatic rings. The second kappa shape index (κ2) is 7.74. The SMILES string of the molecule is Cc1cc(N(C)CCCl)ccc1N=Nc1ccc(C(=O)O)cc1. The molecule has 2 rings (SSSR count). The van der Waals surface area contributed by atoms with Gasteiger partial charge in [0.05, 0.1) is 16.9 Å². The number of rotatable bonds is 6. The maximum atomic E-state index is 10.8. The maximum absolute atomic E-state index is 10.8. The third-order valence-electron chi connectivity index (χ3n) is 3.43. The highest BCUT2D eigenvalue weighted by Gasteiger charge is 2.04. The lowest BCUT2D eigenvalue weighted by molar-refractivity contribution is 0.0697. The van der Waals surface area contributed by atoms with Gasteiger partial charge < -0.3 is 10.0 Å². The van der Waals surface area contributed by atoms with Gasteiger partial charge in [0, 0.05) is 25.2 Å². The molecule has 0 aliphatic heterocycles. The first-order valence-electron chi connectivity index (χ1n) is 7.14. The van der Waals surface area contributed by atoms with E-state index in [1.807, 2.05) is 32.2 Å². The normalized spacial score (nSPS) is 10.9. The minimum atomic E-state index is -0.957. The number of carbonyl (C=O) groups is 1. The van der Waals surface area contributed by atoms with E-state index >= 15 is 0 Å². The van der Waals surface area contributed by atoms with Gasteiger partial charge in [-0.25, -0.2) is 4.79 Å². The summed E-state index contributed by atoms with van der Waals surface area (Å²) in [5.74, 6) is -0.385. The Balaban J connectivity index is 2.14. The lowest BCUT2D eigenvalue weighted by Crippen LogP contribution is -2.19. The van der Waals surface area contributed by atoms with Gasteiger partial charge in [0.25, 0.3) is 0 Å². The molecule has 6 heteroatoms. The Morgan fingerprint density at radius 1 is 1.17 bits per heavy atom. The largest absolute Gasteiger partial charge is 0.478 e. The topological polar surface area (TPSA) is 65.3 Å². The Morgan fingerprint density at radius 3 is 2.43 bits per heavy atom. The fourth-order valence-corrected chi connectivity index (χ4v) is 2.28. The van der Waals surface area contributed by atoms with Crippen molar-refractivity contribution in [3.8, 4) is 0 Å². The van der Waals surface area contributed by atoms with Crippen LogP contribution >= 0.6 is 11.6 Å². The molecular formula is C17H18ClN3O2. The molecule has 0 heterocycles. The van der Waals surface area contributed by atoms with Gasteiger partial charge in [-0.15, -0.1) is 11.6 Å². The Hall–Kier alpha value is -2.40. The van der Waals surface area contributed by atoms with E-state index in [1.54, 1.807) is 12.1 Å². The van der Waals surface area contributed by atoms with Crippen molar-refractivity contribution in [3.63, 3.8) is 0 Å². The average Bonchev–Trinajstić information content (AvgIpc) is 2.54. The molecule has 0 radical (unpaired) electrons. The highest BCUT2D eigenvalue weighted by atomic mass is 35.5. The Labute approximate surface area is 140 Å². The Kier molecular flexibility index (Phi) is 5.71. The van der Waals surface area contributed by atoms with Crippen LogP contribution in [-0.4, -0.2) is 30.5 Å². The third kappa shape index (κ3) is 4.53. The van der Waals surface area contributed by atoms with E-state index in [0.29, 0.717) is 11.6 Å². The van der Waals surface area contributed by atoms with Crippen LogP contribution in [0.15, 0.2) is 52.7 Å². The van der Waals surface area contributed by atoms with Crippen LogP contribution in [0.1, 0.15) is 15.9 Å². The van der Waals surface area contributed by atoms with E-state index in [9.17, 15) is 4.79 Å². The molecule has 0 amide bonds. The number of aromatic carboxylic acids is 1. The van der Waals surface area contributed by atoms with Crippen LogP contribution in [0.3, 0.4) is 0 Å². The number of hydrogen-bond donors (Lipinski definition) is 1. The Morgan fingerprint density at radius 2 is 1.87 bits per heavy atom. The standard InChI is InChI=1S/C17H18ClN3O2/c1-12-11-15(21(2)10-9-18)7-8-16(12)20-19-14-5-3-13(4-6-14)17(22)23/h3-8,11H,9-10H2,1-2H3,(H,22,23). The number of anilines is 1. The summed E-state index contributed by atoms with van der Waals surface area (Å²) in [5.41, 5.74) is 3.70. The van der Waals surface area contributed by atoms with E-state index in [4.69, 9.17) is 16.7 Å². The lowest BCUT2D eigenvalue weighted by atomic mass is 10.1. The monoisotopic (exact) mass is 331 g/mol. The van der Waals surface area contributed by atoms with Crippen LogP contribution < -0.4 is 4.90 Å². The van der Waals surface area contributed by atoms with Crippen LogP contribution in [0.2, 0.25) is 0 Å². The molecule has 0 aliphatic carbocycles. The lowest BCUT2D eigenvalue weighted by Gasteiger charge is -2.18. The molecule has 0 fully saturated rings. The van der Waals surface area contributed by atoms with Crippen molar-refractivity contribution in [2.75, 3.05) is 24.4 Å². The zero-order valence-electron chi connectivity index (χ0n) is 13.0. The van der Waals surface area contributed by atoms with Crippen LogP contribution in [0, 0.1) is 6.92 Å². The molecule has 0 saturated heterocycles. The summed E-state index contributed by atoms with van der Waals surface area (Å²) < 4.78 is 0. The summed E-state index contributed by atoms with van der Waals surface area (Å²) in [6.45, 7) is 2.75. The first-order chi connectivity index (χ1) is 11.0. The highest BCUT2D eigenvalue weighted by Crippen LogP contribution is 2.26. The summed E-state index contributed by atoms with van der Waals surface area (Å²) in [6.07, 6.45) is 0. The molecule has 2 aromatic rings. The van der Waals surface area contributed by atoms with Gasteiger partial charge in [0.15, 0.2) is 0 Å². The van der Waals surface area contributed by atoms with E-state index in [1.165, 1.54) is 12.1 Å². The fourth-order valence-electron chi connectivity index (χ4n) is 2.03. The van der Waals surface area contributed by atoms with Crippen LogP contribution in [0.5, 0.6) is 0 Å². The molecule has 5 nitrogen and oxygen atoms in total. The predicted octanol–water partition coefficient (Wildman–Crippen LogP) is 4.78. The number of hydrogen-bond acceptors (Lipinski definition) is 4. The number of carboxylic acids is 1. The van der Waals surface area contributed by atoms with Gasteiger partial charge in [-0.1, -0.05) is 0 Å². The summed E-state index contributed by atoms with van der Waals surface area (Å²) in [4.78, 5) is 12.9. The molecule has 0 saturated carbocycles. The van der Waals surface area contributed by atoms with Gasteiger partial charge in [0.1, 0.15) is 0 Å². The number of carboxylic acid groups (broad SMARTS) is 1. The number of alkyl halides is 1. The Bertz CT molecular complexity index is 714. The van der Waals surface area contributed by atoms with Crippen LogP contribution in [-0.2, 0) is 0 Å². The van der Waals surface area contributed by atoms with Crippen molar-refractivity contribution in [1.82, 2.24) is 0 Å². The van der Waals surface area contributed by atoms with Gasteiger partial charge in [-0.05, 0) is 55.0 Å². The number of aryl methyl sites for hydroxylation is 1. The second-order valence-corrected chi connectivity index (χ2v) is 5.51. The van der Waals surface area contributed by atoms with Gasteiger partial charge >= 0.3 is 5.97 Å². The zero-order chi connectivity index (χ0) is 16.8. The minimum absolute atomic E-state index is 0.229. The molecule has 0 unspecified atom stereocenters. The predicted molar refractivity (Wildman–Crippen MR) is 92.7 cm³/mol. The average molecular weight is 332 g/mol. The van der Waals surface area contributed by atoms with Crippen molar-refractivity contribution < 1.29 is 9.90 Å². The van der Waals surface area contributed by atoms with E-state index in [2.05, 4.69) is 15.1 Å². The third-order valence-corrected chi connectivity index (χ3v) is 3.60. The van der Waals surface area contributed by atoms with Crippen molar-refractivity contribution in [1.29, 1.82) is 0 Å². The summed E-state index contributed by atoms with van der Waals surface area (Å²) in [7, 11) is 1.99. The molecule has 2 aromatic carbocycles. The number of nitrogens with zero attached hydrogens (tertiary/aromatic N) is 3. The van der Waals surface area contributed by atoms with E-state index in [0.717, 1.165) is 23.5 Å². The molecular weight excluding hydrogens is 314 g/mol. The van der Waals surface area contributed by atoms with Crippen LogP contribution in [0.4, 0.5) is 17.1 Å². The quantitative estimate of drug-likeness (QED) is 0.611. The van der Waals surface area contributed by atoms with Crippen molar-refractivity contribution in [2.45, 2.75) is 6.92 Å². The summed E-state index contributed by atoms with van der Waals surface area (Å²) in [6, 6.07) is 12.2. The molecule has 120 valence electrons. The zero-order valence-corrected chi connectivity index (χ0v) is 13.8. The molecule has 1 N–H and O–H groups in total. The second-order valence-electron chi connectivity index (χ2n) is 5.13. The summed E-state index contributed by atoms with van der Waals surface area (Å²) in [5, 5.41) is 17.2. The summed E-state index contributed by atoms with van der Waals surface area (Å²) >= 11 is 5.75. The fraction of sp³-hybridized carbons (Fsp3) is 0.235. The van der Waals surface area contributed by atoms with E-state index in [-0.39, 0.29) is 5.56 Å². The number of azo groups is 1. The van der Waals surface area contributed by atoms with Gasteiger partial charge in [-0.2, -0.15) is 10.2 Å². The first-order valence-corrected chi connectivity index (χ1v) is 7.67. The number of halogens is 1. The molecule has 0 atom stereocenters. The van der Waals surface area contributed by atoms with Gasteiger partial charge in [-0.3, -0.25) is 0 Å². The van der Waals surface area contributed by atoms with Crippen molar-refractivity contribution in [2.24, 2.45) is 10.2 Å². The smallest absolute Gasteiger partial charge is 0.335 e. The maximum Gasteiger partial charge on any atom is 0.335 e. The first kappa shape index (κ1) is 17.0. The molecule has 0 spiro atoms. The van der Waals surface area contributed by atoms with Gasteiger partial charge in [0.2, 0.25) is 0 Å².